The van der Waals surface area contributed by atoms with E-state index in [0.717, 1.165) is 36.8 Å². The Morgan fingerprint density at radius 2 is 1.64 bits per heavy atom. The van der Waals surface area contributed by atoms with Gasteiger partial charge in [0.25, 0.3) is 5.91 Å². The largest absolute Gasteiger partial charge is 0.452 e. The third-order valence-electron chi connectivity index (χ3n) is 4.62. The summed E-state index contributed by atoms with van der Waals surface area (Å²) < 4.78 is 5.36. The van der Waals surface area contributed by atoms with Crippen molar-refractivity contribution in [3.05, 3.63) is 54.6 Å². The zero-order valence-electron chi connectivity index (χ0n) is 14.4. The molecule has 2 aromatic carbocycles. The van der Waals surface area contributed by atoms with Crippen molar-refractivity contribution in [2.45, 2.75) is 38.7 Å². The fraction of sp³-hybridized carbons (Fsp3) is 0.333. The highest BCUT2D eigenvalue weighted by Crippen LogP contribution is 2.28. The van der Waals surface area contributed by atoms with Crippen LogP contribution in [0.5, 0.6) is 0 Å². The molecular formula is C21H23NO3. The SMILES string of the molecule is CC(OC(=O)C1CCCC1)C(=O)Nc1ccccc1-c1ccccc1. The Bertz CT molecular complexity index is 736. The Labute approximate surface area is 148 Å². The number of carbonyl (C=O) groups is 2. The number of carbonyl (C=O) groups excluding carboxylic acids is 2. The molecule has 0 radical (unpaired) electrons. The molecule has 4 heteroatoms. The number of esters is 1. The first-order valence-corrected chi connectivity index (χ1v) is 8.81. The normalized spacial score (nSPS) is 15.6. The first-order valence-electron chi connectivity index (χ1n) is 8.81. The van der Waals surface area contributed by atoms with Crippen molar-refractivity contribution in [1.82, 2.24) is 0 Å². The fourth-order valence-corrected chi connectivity index (χ4v) is 3.18. The molecule has 3 rings (SSSR count). The third kappa shape index (κ3) is 4.27. The second-order valence-corrected chi connectivity index (χ2v) is 6.46. The minimum Gasteiger partial charge on any atom is -0.452 e. The maximum Gasteiger partial charge on any atom is 0.309 e. The standard InChI is InChI=1S/C21H23NO3/c1-15(25-21(24)17-11-5-6-12-17)20(23)22-19-14-8-7-13-18(19)16-9-3-2-4-10-16/h2-4,7-10,13-15,17H,5-6,11-12H2,1H3,(H,22,23). The molecule has 0 spiro atoms. The summed E-state index contributed by atoms with van der Waals surface area (Å²) in [6.07, 6.45) is 3.04. The van der Waals surface area contributed by atoms with Crippen LogP contribution in [0.2, 0.25) is 0 Å². The molecule has 0 aromatic heterocycles. The van der Waals surface area contributed by atoms with Crippen molar-refractivity contribution in [2.75, 3.05) is 5.32 Å². The second-order valence-electron chi connectivity index (χ2n) is 6.46. The molecule has 0 heterocycles. The molecule has 1 unspecified atom stereocenters. The highest BCUT2D eigenvalue weighted by atomic mass is 16.5. The molecule has 1 aliphatic rings. The lowest BCUT2D eigenvalue weighted by molar-refractivity contribution is -0.157. The highest BCUT2D eigenvalue weighted by Gasteiger charge is 2.27. The summed E-state index contributed by atoms with van der Waals surface area (Å²) >= 11 is 0. The van der Waals surface area contributed by atoms with E-state index in [1.54, 1.807) is 6.92 Å². The van der Waals surface area contributed by atoms with Gasteiger partial charge in [0.05, 0.1) is 5.92 Å². The fourth-order valence-electron chi connectivity index (χ4n) is 3.18. The molecule has 0 bridgehead atoms. The number of para-hydroxylation sites is 1. The number of anilines is 1. The van der Waals surface area contributed by atoms with Gasteiger partial charge in [-0.15, -0.1) is 0 Å². The Kier molecular flexibility index (Phi) is 5.49. The predicted octanol–water partition coefficient (Wildman–Crippen LogP) is 4.41. The monoisotopic (exact) mass is 337 g/mol. The van der Waals surface area contributed by atoms with Crippen molar-refractivity contribution < 1.29 is 14.3 Å². The smallest absolute Gasteiger partial charge is 0.309 e. The van der Waals surface area contributed by atoms with Gasteiger partial charge >= 0.3 is 5.97 Å². The molecule has 130 valence electrons. The van der Waals surface area contributed by atoms with Crippen LogP contribution in [0.15, 0.2) is 54.6 Å². The molecule has 1 amide bonds. The number of rotatable bonds is 5. The number of ether oxygens (including phenoxy) is 1. The molecule has 1 aliphatic carbocycles. The summed E-state index contributed by atoms with van der Waals surface area (Å²) in [5.74, 6) is -0.613. The Hall–Kier alpha value is -2.62. The van der Waals surface area contributed by atoms with Gasteiger partial charge in [-0.1, -0.05) is 61.4 Å². The molecule has 4 nitrogen and oxygen atoms in total. The Morgan fingerprint density at radius 3 is 2.36 bits per heavy atom. The number of hydrogen-bond acceptors (Lipinski definition) is 3. The van der Waals surface area contributed by atoms with E-state index in [0.29, 0.717) is 5.69 Å². The van der Waals surface area contributed by atoms with Crippen LogP contribution in [-0.4, -0.2) is 18.0 Å². The van der Waals surface area contributed by atoms with Crippen LogP contribution in [0.1, 0.15) is 32.6 Å². The summed E-state index contributed by atoms with van der Waals surface area (Å²) in [5, 5.41) is 2.89. The third-order valence-corrected chi connectivity index (χ3v) is 4.62. The molecular weight excluding hydrogens is 314 g/mol. The van der Waals surface area contributed by atoms with Crippen LogP contribution in [0.4, 0.5) is 5.69 Å². The van der Waals surface area contributed by atoms with Crippen LogP contribution in [0.25, 0.3) is 11.1 Å². The van der Waals surface area contributed by atoms with E-state index in [-0.39, 0.29) is 17.8 Å². The summed E-state index contributed by atoms with van der Waals surface area (Å²) in [6, 6.07) is 17.5. The molecule has 0 aliphatic heterocycles. The number of hydrogen-bond donors (Lipinski definition) is 1. The van der Waals surface area contributed by atoms with E-state index in [2.05, 4.69) is 5.32 Å². The summed E-state index contributed by atoms with van der Waals surface area (Å²) in [4.78, 5) is 24.6. The van der Waals surface area contributed by atoms with Gasteiger partial charge in [0, 0.05) is 11.3 Å². The van der Waals surface area contributed by atoms with E-state index < -0.39 is 6.10 Å². The van der Waals surface area contributed by atoms with Crippen molar-refractivity contribution in [1.29, 1.82) is 0 Å². The van der Waals surface area contributed by atoms with E-state index in [4.69, 9.17) is 4.74 Å². The van der Waals surface area contributed by atoms with Crippen molar-refractivity contribution in [3.8, 4) is 11.1 Å². The number of benzene rings is 2. The maximum absolute atomic E-state index is 12.5. The summed E-state index contributed by atoms with van der Waals surface area (Å²) in [5.41, 5.74) is 2.67. The van der Waals surface area contributed by atoms with E-state index in [9.17, 15) is 9.59 Å². The van der Waals surface area contributed by atoms with Crippen molar-refractivity contribution >= 4 is 17.6 Å². The van der Waals surface area contributed by atoms with Gasteiger partial charge in [-0.3, -0.25) is 9.59 Å². The molecule has 1 N–H and O–H groups in total. The minimum absolute atomic E-state index is 0.0492. The average molecular weight is 337 g/mol. The molecule has 0 saturated heterocycles. The van der Waals surface area contributed by atoms with Gasteiger partial charge in [0.15, 0.2) is 6.10 Å². The Balaban J connectivity index is 1.67. The topological polar surface area (TPSA) is 55.4 Å². The molecule has 2 aromatic rings. The maximum atomic E-state index is 12.5. The van der Waals surface area contributed by atoms with Crippen LogP contribution in [0, 0.1) is 5.92 Å². The van der Waals surface area contributed by atoms with E-state index in [1.807, 2.05) is 54.6 Å². The van der Waals surface area contributed by atoms with Crippen LogP contribution < -0.4 is 5.32 Å². The lowest BCUT2D eigenvalue weighted by Gasteiger charge is -2.17. The average Bonchev–Trinajstić information content (AvgIpc) is 3.17. The molecule has 1 fully saturated rings. The molecule has 1 atom stereocenters. The van der Waals surface area contributed by atoms with Gasteiger partial charge < -0.3 is 10.1 Å². The van der Waals surface area contributed by atoms with Crippen LogP contribution in [-0.2, 0) is 14.3 Å². The molecule has 1 saturated carbocycles. The van der Waals surface area contributed by atoms with E-state index in [1.165, 1.54) is 0 Å². The quantitative estimate of drug-likeness (QED) is 0.822. The number of amides is 1. The van der Waals surface area contributed by atoms with Gasteiger partial charge in [0.2, 0.25) is 0 Å². The van der Waals surface area contributed by atoms with Crippen molar-refractivity contribution in [2.24, 2.45) is 5.92 Å². The first-order chi connectivity index (χ1) is 12.1. The lowest BCUT2D eigenvalue weighted by atomic mass is 10.0. The first kappa shape index (κ1) is 17.2. The highest BCUT2D eigenvalue weighted by molar-refractivity contribution is 5.98. The zero-order valence-corrected chi connectivity index (χ0v) is 14.4. The predicted molar refractivity (Wildman–Crippen MR) is 98.0 cm³/mol. The number of nitrogens with one attached hydrogen (secondary N) is 1. The van der Waals surface area contributed by atoms with Gasteiger partial charge in [-0.05, 0) is 31.4 Å². The van der Waals surface area contributed by atoms with E-state index >= 15 is 0 Å². The Morgan fingerprint density at radius 1 is 1.00 bits per heavy atom. The van der Waals surface area contributed by atoms with Gasteiger partial charge in [-0.2, -0.15) is 0 Å². The molecule has 25 heavy (non-hydrogen) atoms. The van der Waals surface area contributed by atoms with Gasteiger partial charge in [-0.25, -0.2) is 0 Å². The summed E-state index contributed by atoms with van der Waals surface area (Å²) in [7, 11) is 0. The van der Waals surface area contributed by atoms with Gasteiger partial charge in [0.1, 0.15) is 0 Å². The minimum atomic E-state index is -0.808. The lowest BCUT2D eigenvalue weighted by Crippen LogP contribution is -2.32. The van der Waals surface area contributed by atoms with Crippen LogP contribution >= 0.6 is 0 Å². The zero-order chi connectivity index (χ0) is 17.6. The second kappa shape index (κ2) is 7.97. The van der Waals surface area contributed by atoms with Crippen molar-refractivity contribution in [3.63, 3.8) is 0 Å². The summed E-state index contributed by atoms with van der Waals surface area (Å²) in [6.45, 7) is 1.62. The van der Waals surface area contributed by atoms with Crippen LogP contribution in [0.3, 0.4) is 0 Å².